The summed E-state index contributed by atoms with van der Waals surface area (Å²) in [6.07, 6.45) is 1.36. The molecule has 0 aromatic heterocycles. The molecule has 1 heterocycles. The molecule has 6 nitrogen and oxygen atoms in total. The van der Waals surface area contributed by atoms with Crippen LogP contribution in [-0.2, 0) is 4.74 Å². The monoisotopic (exact) mass is 298 g/mol. The summed E-state index contributed by atoms with van der Waals surface area (Å²) in [5.74, 6) is -0.603. The minimum Gasteiger partial charge on any atom is -0.459 e. The topological polar surface area (TPSA) is 72.7 Å². The predicted octanol–water partition coefficient (Wildman–Crippen LogP) is 2.50. The highest BCUT2D eigenvalue weighted by Gasteiger charge is 2.23. The van der Waals surface area contributed by atoms with Crippen molar-refractivity contribution in [2.45, 2.75) is 18.9 Å². The fourth-order valence-corrected chi connectivity index (χ4v) is 2.30. The number of esters is 1. The number of hydrogen-bond donors (Lipinski definition) is 0. The third-order valence-electron chi connectivity index (χ3n) is 3.32. The third-order valence-corrected chi connectivity index (χ3v) is 3.65. The van der Waals surface area contributed by atoms with Crippen molar-refractivity contribution in [3.8, 4) is 0 Å². The first-order valence-electron chi connectivity index (χ1n) is 6.31. The van der Waals surface area contributed by atoms with E-state index in [0.717, 1.165) is 32.0 Å². The summed E-state index contributed by atoms with van der Waals surface area (Å²) in [6.45, 7) is 1.72. The van der Waals surface area contributed by atoms with Crippen molar-refractivity contribution in [1.29, 1.82) is 0 Å². The van der Waals surface area contributed by atoms with Crippen LogP contribution in [0.3, 0.4) is 0 Å². The average molecular weight is 299 g/mol. The third kappa shape index (κ3) is 3.46. The quantitative estimate of drug-likeness (QED) is 0.487. The standard InChI is InChI=1S/C13H15ClN2O4/c1-15-6-4-10(5-7-15)20-13(17)11-8-9(16(18)19)2-3-12(11)14/h2-3,8,10H,4-7H2,1H3. The van der Waals surface area contributed by atoms with Gasteiger partial charge in [-0.3, -0.25) is 10.1 Å². The molecule has 1 aliphatic rings. The Hall–Kier alpha value is -1.66. The van der Waals surface area contributed by atoms with E-state index < -0.39 is 10.9 Å². The molecule has 1 aromatic rings. The number of benzene rings is 1. The molecule has 1 aromatic carbocycles. The number of carbonyl (C=O) groups excluding carboxylic acids is 1. The van der Waals surface area contributed by atoms with Crippen LogP contribution in [0.5, 0.6) is 0 Å². The summed E-state index contributed by atoms with van der Waals surface area (Å²) in [4.78, 5) is 24.4. The smallest absolute Gasteiger partial charge is 0.340 e. The zero-order valence-electron chi connectivity index (χ0n) is 11.0. The number of nitro groups is 1. The average Bonchev–Trinajstić information content (AvgIpc) is 2.41. The van der Waals surface area contributed by atoms with Gasteiger partial charge in [0.2, 0.25) is 0 Å². The molecule has 0 N–H and O–H groups in total. The lowest BCUT2D eigenvalue weighted by atomic mass is 10.1. The molecule has 7 heteroatoms. The lowest BCUT2D eigenvalue weighted by Gasteiger charge is -2.28. The molecule has 0 atom stereocenters. The van der Waals surface area contributed by atoms with Gasteiger partial charge in [-0.25, -0.2) is 4.79 Å². The highest BCUT2D eigenvalue weighted by Crippen LogP contribution is 2.24. The fraction of sp³-hybridized carbons (Fsp3) is 0.462. The van der Waals surface area contributed by atoms with Gasteiger partial charge in [-0.05, 0) is 26.0 Å². The Labute approximate surface area is 121 Å². The maximum absolute atomic E-state index is 12.0. The Bertz CT molecular complexity index is 527. The maximum atomic E-state index is 12.0. The minimum atomic E-state index is -0.603. The van der Waals surface area contributed by atoms with Gasteiger partial charge in [-0.15, -0.1) is 0 Å². The van der Waals surface area contributed by atoms with Gasteiger partial charge >= 0.3 is 5.97 Å². The van der Waals surface area contributed by atoms with Crippen LogP contribution in [0.15, 0.2) is 18.2 Å². The van der Waals surface area contributed by atoms with Crippen molar-refractivity contribution >= 4 is 23.3 Å². The number of nitrogens with zero attached hydrogens (tertiary/aromatic N) is 2. The van der Waals surface area contributed by atoms with E-state index in [1.807, 2.05) is 7.05 Å². The maximum Gasteiger partial charge on any atom is 0.340 e. The van der Waals surface area contributed by atoms with Crippen molar-refractivity contribution in [3.05, 3.63) is 38.9 Å². The summed E-state index contributed by atoms with van der Waals surface area (Å²) in [5, 5.41) is 10.9. The molecular weight excluding hydrogens is 284 g/mol. The normalized spacial score (nSPS) is 16.9. The first kappa shape index (κ1) is 14.7. The van der Waals surface area contributed by atoms with Crippen LogP contribution < -0.4 is 0 Å². The van der Waals surface area contributed by atoms with Crippen LogP contribution in [0.1, 0.15) is 23.2 Å². The molecule has 0 aliphatic carbocycles. The Morgan fingerprint density at radius 3 is 2.70 bits per heavy atom. The van der Waals surface area contributed by atoms with Crippen molar-refractivity contribution in [3.63, 3.8) is 0 Å². The molecule has 0 unspecified atom stereocenters. The summed E-state index contributed by atoms with van der Waals surface area (Å²) >= 11 is 5.90. The van der Waals surface area contributed by atoms with Gasteiger partial charge in [0.15, 0.2) is 0 Å². The van der Waals surface area contributed by atoms with Crippen LogP contribution >= 0.6 is 11.6 Å². The molecule has 0 spiro atoms. The largest absolute Gasteiger partial charge is 0.459 e. The minimum absolute atomic E-state index is 0.0415. The Balaban J connectivity index is 2.08. The summed E-state index contributed by atoms with van der Waals surface area (Å²) in [5.41, 5.74) is -0.135. The molecule has 108 valence electrons. The first-order valence-corrected chi connectivity index (χ1v) is 6.68. The van der Waals surface area contributed by atoms with E-state index in [1.54, 1.807) is 0 Å². The zero-order chi connectivity index (χ0) is 14.7. The molecule has 20 heavy (non-hydrogen) atoms. The number of piperidine rings is 1. The van der Waals surface area contributed by atoms with E-state index in [0.29, 0.717) is 0 Å². The van der Waals surface area contributed by atoms with Crippen molar-refractivity contribution in [1.82, 2.24) is 4.90 Å². The molecule has 1 aliphatic heterocycles. The van der Waals surface area contributed by atoms with E-state index in [9.17, 15) is 14.9 Å². The fourth-order valence-electron chi connectivity index (χ4n) is 2.10. The van der Waals surface area contributed by atoms with Gasteiger partial charge in [0.05, 0.1) is 15.5 Å². The lowest BCUT2D eigenvalue weighted by Crippen LogP contribution is -2.35. The van der Waals surface area contributed by atoms with E-state index in [-0.39, 0.29) is 22.4 Å². The van der Waals surface area contributed by atoms with Gasteiger partial charge in [0, 0.05) is 25.2 Å². The number of nitro benzene ring substituents is 1. The van der Waals surface area contributed by atoms with Crippen molar-refractivity contribution < 1.29 is 14.5 Å². The molecule has 0 amide bonds. The van der Waals surface area contributed by atoms with Gasteiger partial charge in [-0.1, -0.05) is 11.6 Å². The van der Waals surface area contributed by atoms with Gasteiger partial charge < -0.3 is 9.64 Å². The van der Waals surface area contributed by atoms with Crippen molar-refractivity contribution in [2.75, 3.05) is 20.1 Å². The number of ether oxygens (including phenoxy) is 1. The SMILES string of the molecule is CN1CCC(OC(=O)c2cc([N+](=O)[O-])ccc2Cl)CC1. The summed E-state index contributed by atoms with van der Waals surface area (Å²) < 4.78 is 5.37. The Morgan fingerprint density at radius 2 is 2.10 bits per heavy atom. The number of rotatable bonds is 3. The molecule has 0 radical (unpaired) electrons. The Kier molecular flexibility index (Phi) is 4.57. The number of hydrogen-bond acceptors (Lipinski definition) is 5. The lowest BCUT2D eigenvalue weighted by molar-refractivity contribution is -0.384. The molecule has 1 saturated heterocycles. The first-order chi connectivity index (χ1) is 9.47. The number of carbonyl (C=O) groups is 1. The van der Waals surface area contributed by atoms with Crippen LogP contribution in [-0.4, -0.2) is 42.0 Å². The molecule has 0 saturated carbocycles. The van der Waals surface area contributed by atoms with E-state index in [1.165, 1.54) is 12.1 Å². The highest BCUT2D eigenvalue weighted by atomic mass is 35.5. The van der Waals surface area contributed by atoms with Crippen LogP contribution in [0.25, 0.3) is 0 Å². The number of halogens is 1. The molecular formula is C13H15ClN2O4. The zero-order valence-corrected chi connectivity index (χ0v) is 11.8. The Morgan fingerprint density at radius 1 is 1.45 bits per heavy atom. The van der Waals surface area contributed by atoms with Crippen LogP contribution in [0.4, 0.5) is 5.69 Å². The second kappa shape index (κ2) is 6.19. The van der Waals surface area contributed by atoms with E-state index >= 15 is 0 Å². The predicted molar refractivity (Wildman–Crippen MR) is 74.0 cm³/mol. The molecule has 1 fully saturated rings. The van der Waals surface area contributed by atoms with Gasteiger partial charge in [-0.2, -0.15) is 0 Å². The number of likely N-dealkylation sites (tertiary alicyclic amines) is 1. The molecule has 2 rings (SSSR count). The second-order valence-corrected chi connectivity index (χ2v) is 5.24. The molecule has 0 bridgehead atoms. The summed E-state index contributed by atoms with van der Waals surface area (Å²) in [7, 11) is 2.01. The van der Waals surface area contributed by atoms with Gasteiger partial charge in [0.25, 0.3) is 5.69 Å². The highest BCUT2D eigenvalue weighted by molar-refractivity contribution is 6.33. The van der Waals surface area contributed by atoms with Crippen molar-refractivity contribution in [2.24, 2.45) is 0 Å². The summed E-state index contributed by atoms with van der Waals surface area (Å²) in [6, 6.07) is 3.75. The van der Waals surface area contributed by atoms with Crippen LogP contribution in [0, 0.1) is 10.1 Å². The van der Waals surface area contributed by atoms with Crippen LogP contribution in [0.2, 0.25) is 5.02 Å². The second-order valence-electron chi connectivity index (χ2n) is 4.83. The van der Waals surface area contributed by atoms with E-state index in [2.05, 4.69) is 4.90 Å². The van der Waals surface area contributed by atoms with E-state index in [4.69, 9.17) is 16.3 Å². The van der Waals surface area contributed by atoms with Gasteiger partial charge in [0.1, 0.15) is 6.10 Å². The number of non-ortho nitro benzene ring substituents is 1.